The lowest BCUT2D eigenvalue weighted by Crippen LogP contribution is -2.30. The number of hydrogen-bond acceptors (Lipinski definition) is 6. The average Bonchev–Trinajstić information content (AvgIpc) is 3.27. The summed E-state index contributed by atoms with van der Waals surface area (Å²) in [7, 11) is 0. The molecule has 6 nitrogen and oxygen atoms in total. The van der Waals surface area contributed by atoms with E-state index < -0.39 is 6.10 Å². The highest BCUT2D eigenvalue weighted by molar-refractivity contribution is 5.71. The van der Waals surface area contributed by atoms with Crippen LogP contribution >= 0.6 is 0 Å². The molecule has 0 spiro atoms. The number of unbranched alkanes of at least 4 members (excludes halogenated alkanes) is 18. The molecule has 0 radical (unpaired) electrons. The van der Waals surface area contributed by atoms with Gasteiger partial charge in [0.1, 0.15) is 13.2 Å². The van der Waals surface area contributed by atoms with E-state index in [9.17, 15) is 14.4 Å². The van der Waals surface area contributed by atoms with E-state index in [0.717, 1.165) is 103 Å². The normalized spacial score (nSPS) is 12.9. The third-order valence-corrected chi connectivity index (χ3v) is 10.3. The molecule has 352 valence electrons. The maximum Gasteiger partial charge on any atom is 0.306 e. The first kappa shape index (κ1) is 58.3. The van der Waals surface area contributed by atoms with Gasteiger partial charge < -0.3 is 14.2 Å². The standard InChI is InChI=1S/C56H92O6/c1-4-7-10-13-16-19-22-25-27-29-31-34-37-40-43-46-49-55(58)61-52-53(51-60-54(57)48-45-42-39-36-33-30-24-21-18-15-12-9-6-3)62-56(59)50-47-44-41-38-35-32-28-26-23-20-17-14-11-8-5-2/h7,10,16-17,19-20,23,25-27,30-31,33-34,39,42,53H,4-6,8-9,11-15,18,21-22,24,28-29,32,35-38,40-41,43-52H2,1-3H3/b10-7+,19-16+,20-17+,26-23+,27-25+,33-30+,34-31+,42-39+. The maximum atomic E-state index is 12.8. The summed E-state index contributed by atoms with van der Waals surface area (Å²) in [4.78, 5) is 37.9. The van der Waals surface area contributed by atoms with Gasteiger partial charge in [0.25, 0.3) is 0 Å². The molecule has 0 amide bonds. The molecule has 0 aliphatic carbocycles. The van der Waals surface area contributed by atoms with Crippen LogP contribution in [0.1, 0.15) is 220 Å². The Morgan fingerprint density at radius 1 is 0.355 bits per heavy atom. The summed E-state index contributed by atoms with van der Waals surface area (Å²) in [6, 6.07) is 0. The monoisotopic (exact) mass is 861 g/mol. The van der Waals surface area contributed by atoms with Gasteiger partial charge in [-0.3, -0.25) is 14.4 Å². The van der Waals surface area contributed by atoms with E-state index in [2.05, 4.69) is 112 Å². The first-order valence-corrected chi connectivity index (χ1v) is 25.3. The molecule has 0 aromatic carbocycles. The lowest BCUT2D eigenvalue weighted by atomic mass is 10.1. The van der Waals surface area contributed by atoms with Crippen LogP contribution in [0.3, 0.4) is 0 Å². The van der Waals surface area contributed by atoms with E-state index in [1.807, 2.05) is 6.08 Å². The number of carbonyl (C=O) groups is 3. The smallest absolute Gasteiger partial charge is 0.306 e. The van der Waals surface area contributed by atoms with E-state index in [4.69, 9.17) is 14.2 Å². The molecule has 0 aliphatic heterocycles. The minimum atomic E-state index is -0.819. The molecule has 0 saturated heterocycles. The van der Waals surface area contributed by atoms with Crippen molar-refractivity contribution in [3.05, 3.63) is 97.2 Å². The van der Waals surface area contributed by atoms with Crippen molar-refractivity contribution in [1.29, 1.82) is 0 Å². The Kier molecular flexibility index (Phi) is 47.0. The largest absolute Gasteiger partial charge is 0.462 e. The van der Waals surface area contributed by atoms with Crippen LogP contribution in [0.2, 0.25) is 0 Å². The zero-order chi connectivity index (χ0) is 45.1. The first-order valence-electron chi connectivity index (χ1n) is 25.3. The van der Waals surface area contributed by atoms with E-state index in [1.165, 1.54) is 70.6 Å². The zero-order valence-corrected chi connectivity index (χ0v) is 40.1. The Bertz CT molecular complexity index is 1260. The summed E-state index contributed by atoms with van der Waals surface area (Å²) in [5.74, 6) is -1.03. The van der Waals surface area contributed by atoms with Crippen LogP contribution in [0.15, 0.2) is 97.2 Å². The van der Waals surface area contributed by atoms with Crippen molar-refractivity contribution in [2.24, 2.45) is 0 Å². The zero-order valence-electron chi connectivity index (χ0n) is 40.1. The third kappa shape index (κ3) is 47.4. The van der Waals surface area contributed by atoms with Crippen molar-refractivity contribution in [1.82, 2.24) is 0 Å². The minimum Gasteiger partial charge on any atom is -0.462 e. The second-order valence-corrected chi connectivity index (χ2v) is 16.4. The van der Waals surface area contributed by atoms with Gasteiger partial charge >= 0.3 is 17.9 Å². The fraction of sp³-hybridized carbons (Fsp3) is 0.661. The Morgan fingerprint density at radius 2 is 0.710 bits per heavy atom. The van der Waals surface area contributed by atoms with Gasteiger partial charge in [0.2, 0.25) is 0 Å². The van der Waals surface area contributed by atoms with Gasteiger partial charge in [0.15, 0.2) is 6.10 Å². The van der Waals surface area contributed by atoms with Crippen LogP contribution in [-0.2, 0) is 28.6 Å². The fourth-order valence-corrected chi connectivity index (χ4v) is 6.53. The predicted octanol–water partition coefficient (Wildman–Crippen LogP) is 16.6. The van der Waals surface area contributed by atoms with Gasteiger partial charge in [-0.2, -0.15) is 0 Å². The van der Waals surface area contributed by atoms with Gasteiger partial charge in [-0.15, -0.1) is 0 Å². The quantitative estimate of drug-likeness (QED) is 0.0200. The van der Waals surface area contributed by atoms with Gasteiger partial charge in [-0.1, -0.05) is 195 Å². The van der Waals surface area contributed by atoms with Crippen LogP contribution < -0.4 is 0 Å². The van der Waals surface area contributed by atoms with Crippen LogP contribution in [0.25, 0.3) is 0 Å². The number of hydrogen-bond donors (Lipinski definition) is 0. The second kappa shape index (κ2) is 50.0. The van der Waals surface area contributed by atoms with Crippen LogP contribution in [-0.4, -0.2) is 37.2 Å². The van der Waals surface area contributed by atoms with E-state index >= 15 is 0 Å². The number of ether oxygens (including phenoxy) is 3. The maximum absolute atomic E-state index is 12.8. The van der Waals surface area contributed by atoms with Crippen LogP contribution in [0.4, 0.5) is 0 Å². The van der Waals surface area contributed by atoms with Crippen molar-refractivity contribution < 1.29 is 28.6 Å². The van der Waals surface area contributed by atoms with E-state index in [0.29, 0.717) is 19.3 Å². The molecule has 1 atom stereocenters. The van der Waals surface area contributed by atoms with Crippen LogP contribution in [0, 0.1) is 0 Å². The molecular weight excluding hydrogens is 769 g/mol. The molecule has 0 aromatic heterocycles. The Balaban J connectivity index is 4.54. The molecule has 1 unspecified atom stereocenters. The average molecular weight is 861 g/mol. The van der Waals surface area contributed by atoms with Crippen molar-refractivity contribution >= 4 is 17.9 Å². The summed E-state index contributed by atoms with van der Waals surface area (Å²) in [5.41, 5.74) is 0. The van der Waals surface area contributed by atoms with Crippen molar-refractivity contribution in [3.8, 4) is 0 Å². The molecule has 0 aliphatic rings. The summed E-state index contributed by atoms with van der Waals surface area (Å²) in [6.45, 7) is 6.38. The topological polar surface area (TPSA) is 78.9 Å². The molecule has 0 aromatic rings. The molecule has 0 bridgehead atoms. The first-order chi connectivity index (χ1) is 30.5. The highest BCUT2D eigenvalue weighted by atomic mass is 16.6. The molecule has 0 rings (SSSR count). The molecular formula is C56H92O6. The number of rotatable bonds is 44. The summed E-state index contributed by atoms with van der Waals surface area (Å²) in [5, 5.41) is 0. The predicted molar refractivity (Wildman–Crippen MR) is 265 cm³/mol. The Morgan fingerprint density at radius 3 is 1.23 bits per heavy atom. The lowest BCUT2D eigenvalue weighted by Gasteiger charge is -2.18. The number of allylic oxidation sites excluding steroid dienone is 16. The van der Waals surface area contributed by atoms with Crippen LogP contribution in [0.5, 0.6) is 0 Å². The lowest BCUT2D eigenvalue weighted by molar-refractivity contribution is -0.166. The highest BCUT2D eigenvalue weighted by Gasteiger charge is 2.19. The summed E-state index contributed by atoms with van der Waals surface area (Å²) < 4.78 is 16.7. The van der Waals surface area contributed by atoms with Gasteiger partial charge in [-0.25, -0.2) is 0 Å². The van der Waals surface area contributed by atoms with Gasteiger partial charge in [-0.05, 0) is 103 Å². The molecule has 0 N–H and O–H groups in total. The second-order valence-electron chi connectivity index (χ2n) is 16.4. The van der Waals surface area contributed by atoms with E-state index in [1.54, 1.807) is 0 Å². The Labute approximate surface area is 381 Å². The van der Waals surface area contributed by atoms with Crippen molar-refractivity contribution in [2.45, 2.75) is 226 Å². The summed E-state index contributed by atoms with van der Waals surface area (Å²) in [6.07, 6.45) is 65.4. The molecule has 6 heteroatoms. The van der Waals surface area contributed by atoms with Crippen molar-refractivity contribution in [3.63, 3.8) is 0 Å². The SMILES string of the molecule is CC/C=C/C/C=C/C/C=C/C/C=C/CCCCCC(=O)OCC(COC(=O)CC/C=C/C/C=C/CCCCCCCC)OC(=O)CCCCCCCC/C=C/C=C/CCCCC. The summed E-state index contributed by atoms with van der Waals surface area (Å²) >= 11 is 0. The fourth-order valence-electron chi connectivity index (χ4n) is 6.53. The van der Waals surface area contributed by atoms with Gasteiger partial charge in [0.05, 0.1) is 0 Å². The highest BCUT2D eigenvalue weighted by Crippen LogP contribution is 2.12. The molecule has 0 heterocycles. The third-order valence-electron chi connectivity index (χ3n) is 10.3. The van der Waals surface area contributed by atoms with Gasteiger partial charge in [0, 0.05) is 19.3 Å². The van der Waals surface area contributed by atoms with E-state index in [-0.39, 0.29) is 37.5 Å². The van der Waals surface area contributed by atoms with Crippen molar-refractivity contribution in [2.75, 3.05) is 13.2 Å². The Hall–Kier alpha value is -3.67. The number of esters is 3. The molecule has 0 saturated carbocycles. The number of carbonyl (C=O) groups excluding carboxylic acids is 3. The molecule has 0 fully saturated rings. The minimum absolute atomic E-state index is 0.117. The molecule has 62 heavy (non-hydrogen) atoms.